The third-order valence-electron chi connectivity index (χ3n) is 3.38. The molecule has 1 aliphatic heterocycles. The van der Waals surface area contributed by atoms with Crippen molar-refractivity contribution in [3.05, 3.63) is 29.3 Å². The zero-order valence-corrected chi connectivity index (χ0v) is 9.89. The summed E-state index contributed by atoms with van der Waals surface area (Å²) in [5.41, 5.74) is 1.12. The second kappa shape index (κ2) is 4.75. The van der Waals surface area contributed by atoms with Crippen LogP contribution in [-0.4, -0.2) is 40.2 Å². The molecule has 1 atom stereocenters. The smallest absolute Gasteiger partial charge is 0.254 e. The van der Waals surface area contributed by atoms with Gasteiger partial charge in [-0.25, -0.2) is 0 Å². The van der Waals surface area contributed by atoms with Gasteiger partial charge in [0.1, 0.15) is 5.75 Å². The molecule has 1 heterocycles. The Labute approximate surface area is 100 Å². The number of aliphatic hydroxyl groups excluding tert-OH is 1. The number of phenols is 1. The number of rotatable bonds is 2. The highest BCUT2D eigenvalue weighted by molar-refractivity contribution is 5.96. The minimum absolute atomic E-state index is 0.00357. The molecule has 0 aliphatic carbocycles. The number of aromatic hydroxyl groups is 1. The lowest BCUT2D eigenvalue weighted by Crippen LogP contribution is -2.37. The largest absolute Gasteiger partial charge is 0.508 e. The first-order valence-electron chi connectivity index (χ1n) is 5.85. The molecule has 1 saturated heterocycles. The topological polar surface area (TPSA) is 60.8 Å². The predicted molar refractivity (Wildman–Crippen MR) is 64.0 cm³/mol. The van der Waals surface area contributed by atoms with E-state index in [1.165, 1.54) is 0 Å². The Hall–Kier alpha value is -1.55. The quantitative estimate of drug-likeness (QED) is 0.812. The van der Waals surface area contributed by atoms with Gasteiger partial charge in [0.15, 0.2) is 0 Å². The lowest BCUT2D eigenvalue weighted by molar-refractivity contribution is 0.0676. The van der Waals surface area contributed by atoms with Gasteiger partial charge in [0.25, 0.3) is 5.91 Å². The molecule has 2 N–H and O–H groups in total. The normalized spacial score (nSPS) is 19.6. The van der Waals surface area contributed by atoms with Crippen LogP contribution in [0.4, 0.5) is 0 Å². The van der Waals surface area contributed by atoms with Gasteiger partial charge < -0.3 is 15.1 Å². The number of carbonyl (C=O) groups is 1. The number of phenolic OH excluding ortho intramolecular Hbond substituents is 1. The number of amides is 1. The maximum Gasteiger partial charge on any atom is 0.254 e. The van der Waals surface area contributed by atoms with Crippen LogP contribution in [0.15, 0.2) is 18.2 Å². The van der Waals surface area contributed by atoms with Crippen molar-refractivity contribution in [2.45, 2.75) is 25.8 Å². The number of likely N-dealkylation sites (tertiary alicyclic amines) is 1. The van der Waals surface area contributed by atoms with E-state index in [2.05, 4.69) is 0 Å². The van der Waals surface area contributed by atoms with E-state index < -0.39 is 0 Å². The fraction of sp³-hybridized carbons (Fsp3) is 0.462. The molecule has 1 aliphatic rings. The van der Waals surface area contributed by atoms with E-state index in [1.807, 2.05) is 0 Å². The van der Waals surface area contributed by atoms with Crippen molar-refractivity contribution in [3.8, 4) is 5.75 Å². The Kier molecular flexibility index (Phi) is 3.33. The molecule has 2 rings (SSSR count). The van der Waals surface area contributed by atoms with Crippen LogP contribution in [0.5, 0.6) is 5.75 Å². The zero-order chi connectivity index (χ0) is 12.4. The minimum Gasteiger partial charge on any atom is -0.508 e. The van der Waals surface area contributed by atoms with Crippen molar-refractivity contribution in [3.63, 3.8) is 0 Å². The molecule has 4 heteroatoms. The van der Waals surface area contributed by atoms with Crippen molar-refractivity contribution in [1.82, 2.24) is 4.90 Å². The van der Waals surface area contributed by atoms with E-state index in [-0.39, 0.29) is 24.3 Å². The van der Waals surface area contributed by atoms with E-state index in [0.29, 0.717) is 17.7 Å². The Bertz CT molecular complexity index is 431. The monoisotopic (exact) mass is 235 g/mol. The summed E-state index contributed by atoms with van der Waals surface area (Å²) in [5, 5.41) is 18.8. The van der Waals surface area contributed by atoms with Crippen molar-refractivity contribution < 1.29 is 15.0 Å². The van der Waals surface area contributed by atoms with Crippen molar-refractivity contribution >= 4 is 5.91 Å². The summed E-state index contributed by atoms with van der Waals surface area (Å²) in [6.07, 6.45) is 1.77. The molecule has 92 valence electrons. The summed E-state index contributed by atoms with van der Waals surface area (Å²) in [6, 6.07) is 4.87. The van der Waals surface area contributed by atoms with Crippen LogP contribution >= 0.6 is 0 Å². The molecule has 0 radical (unpaired) electrons. The van der Waals surface area contributed by atoms with Crippen LogP contribution in [0.1, 0.15) is 28.8 Å². The highest BCUT2D eigenvalue weighted by Gasteiger charge is 2.29. The lowest BCUT2D eigenvalue weighted by atomic mass is 10.1. The second-order valence-corrected chi connectivity index (χ2v) is 4.43. The highest BCUT2D eigenvalue weighted by atomic mass is 16.3. The lowest BCUT2D eigenvalue weighted by Gasteiger charge is -2.23. The van der Waals surface area contributed by atoms with Crippen LogP contribution in [0, 0.1) is 6.92 Å². The van der Waals surface area contributed by atoms with Crippen LogP contribution in [-0.2, 0) is 0 Å². The van der Waals surface area contributed by atoms with E-state index in [9.17, 15) is 15.0 Å². The van der Waals surface area contributed by atoms with Crippen molar-refractivity contribution in [2.24, 2.45) is 0 Å². The molecule has 0 spiro atoms. The molecule has 1 aromatic carbocycles. The van der Waals surface area contributed by atoms with Crippen molar-refractivity contribution in [2.75, 3.05) is 13.2 Å². The average Bonchev–Trinajstić information content (AvgIpc) is 2.80. The van der Waals surface area contributed by atoms with Crippen LogP contribution in [0.3, 0.4) is 0 Å². The van der Waals surface area contributed by atoms with E-state index in [0.717, 1.165) is 12.8 Å². The summed E-state index contributed by atoms with van der Waals surface area (Å²) in [7, 11) is 0. The number of benzene rings is 1. The molecule has 4 nitrogen and oxygen atoms in total. The summed E-state index contributed by atoms with van der Waals surface area (Å²) < 4.78 is 0. The number of nitrogens with zero attached hydrogens (tertiary/aromatic N) is 1. The van der Waals surface area contributed by atoms with Gasteiger partial charge in [-0.2, -0.15) is 0 Å². The molecule has 0 bridgehead atoms. The van der Waals surface area contributed by atoms with Gasteiger partial charge in [-0.15, -0.1) is 0 Å². The first-order chi connectivity index (χ1) is 8.15. The second-order valence-electron chi connectivity index (χ2n) is 4.43. The van der Waals surface area contributed by atoms with E-state index in [4.69, 9.17) is 0 Å². The standard InChI is InChI=1S/C13H17NO3/c1-9-11(5-2-6-12(9)16)13(17)14-7-3-4-10(14)8-15/h2,5-6,10,15-16H,3-4,7-8H2,1H3/t10-/m1/s1. The first kappa shape index (κ1) is 11.9. The summed E-state index contributed by atoms with van der Waals surface area (Å²) >= 11 is 0. The number of aliphatic hydroxyl groups is 1. The first-order valence-corrected chi connectivity index (χ1v) is 5.85. The molecular formula is C13H17NO3. The predicted octanol–water partition coefficient (Wildman–Crippen LogP) is 1.30. The highest BCUT2D eigenvalue weighted by Crippen LogP contribution is 2.24. The molecule has 1 aromatic rings. The van der Waals surface area contributed by atoms with Gasteiger partial charge in [0.05, 0.1) is 12.6 Å². The Morgan fingerprint density at radius 1 is 1.53 bits per heavy atom. The number of carbonyl (C=O) groups excluding carboxylic acids is 1. The van der Waals surface area contributed by atoms with Gasteiger partial charge in [-0.05, 0) is 31.9 Å². The number of hydrogen-bond donors (Lipinski definition) is 2. The zero-order valence-electron chi connectivity index (χ0n) is 9.89. The third-order valence-corrected chi connectivity index (χ3v) is 3.38. The Balaban J connectivity index is 2.28. The molecule has 0 saturated carbocycles. The summed E-state index contributed by atoms with van der Waals surface area (Å²) in [5.74, 6) is 0.0329. The van der Waals surface area contributed by atoms with Gasteiger partial charge in [-0.1, -0.05) is 6.07 Å². The van der Waals surface area contributed by atoms with Crippen LogP contribution < -0.4 is 0 Å². The molecule has 0 unspecified atom stereocenters. The molecule has 1 amide bonds. The van der Waals surface area contributed by atoms with Crippen LogP contribution in [0.25, 0.3) is 0 Å². The summed E-state index contributed by atoms with van der Waals surface area (Å²) in [6.45, 7) is 2.41. The van der Waals surface area contributed by atoms with E-state index in [1.54, 1.807) is 30.0 Å². The minimum atomic E-state index is -0.102. The van der Waals surface area contributed by atoms with Gasteiger partial charge in [-0.3, -0.25) is 4.79 Å². The SMILES string of the molecule is Cc1c(O)cccc1C(=O)N1CCC[C@@H]1CO. The molecule has 17 heavy (non-hydrogen) atoms. The van der Waals surface area contributed by atoms with E-state index >= 15 is 0 Å². The van der Waals surface area contributed by atoms with Gasteiger partial charge in [0, 0.05) is 17.7 Å². The molecular weight excluding hydrogens is 218 g/mol. The van der Waals surface area contributed by atoms with Crippen molar-refractivity contribution in [1.29, 1.82) is 0 Å². The third kappa shape index (κ3) is 2.13. The number of hydrogen-bond acceptors (Lipinski definition) is 3. The average molecular weight is 235 g/mol. The molecule has 0 aromatic heterocycles. The molecule has 1 fully saturated rings. The van der Waals surface area contributed by atoms with Crippen LogP contribution in [0.2, 0.25) is 0 Å². The fourth-order valence-corrected chi connectivity index (χ4v) is 2.30. The van der Waals surface area contributed by atoms with Gasteiger partial charge >= 0.3 is 0 Å². The maximum atomic E-state index is 12.3. The fourth-order valence-electron chi connectivity index (χ4n) is 2.30. The Morgan fingerprint density at radius 2 is 2.29 bits per heavy atom. The Morgan fingerprint density at radius 3 is 3.00 bits per heavy atom. The summed E-state index contributed by atoms with van der Waals surface area (Å²) in [4.78, 5) is 14.0. The maximum absolute atomic E-state index is 12.3. The van der Waals surface area contributed by atoms with Gasteiger partial charge in [0.2, 0.25) is 0 Å².